The summed E-state index contributed by atoms with van der Waals surface area (Å²) in [7, 11) is 1.94. The van der Waals surface area contributed by atoms with Crippen molar-refractivity contribution in [2.24, 2.45) is 18.9 Å². The van der Waals surface area contributed by atoms with E-state index in [1.165, 1.54) is 5.56 Å². The van der Waals surface area contributed by atoms with Crippen molar-refractivity contribution < 1.29 is 9.59 Å². The van der Waals surface area contributed by atoms with E-state index in [-0.39, 0.29) is 29.8 Å². The molecule has 4 atom stereocenters. The van der Waals surface area contributed by atoms with Crippen LogP contribution < -0.4 is 5.32 Å². The lowest BCUT2D eigenvalue weighted by Gasteiger charge is -2.55. The molecule has 0 aromatic carbocycles. The van der Waals surface area contributed by atoms with Gasteiger partial charge in [-0.2, -0.15) is 5.10 Å². The molecular formula is C24H32N6O2. The second-order valence-electron chi connectivity index (χ2n) is 9.57. The van der Waals surface area contributed by atoms with Gasteiger partial charge < -0.3 is 10.2 Å². The lowest BCUT2D eigenvalue weighted by molar-refractivity contribution is -0.160. The first-order valence-corrected chi connectivity index (χ1v) is 11.8. The third-order valence-electron chi connectivity index (χ3n) is 7.31. The molecule has 5 heterocycles. The summed E-state index contributed by atoms with van der Waals surface area (Å²) in [5.41, 5.74) is 2.35. The van der Waals surface area contributed by atoms with E-state index in [2.05, 4.69) is 26.5 Å². The smallest absolute Gasteiger partial charge is 0.243 e. The van der Waals surface area contributed by atoms with Gasteiger partial charge in [0, 0.05) is 75.8 Å². The lowest BCUT2D eigenvalue weighted by atomic mass is 9.71. The standard InChI is InChI=1S/C24H32N6O2/c1-28-13-18(12-27-28)14-29-15-19-11-20(16-29)23(30-21(19)3-2-4-22(30)31)24(32)26-10-7-17-5-8-25-9-6-17/h5-6,8-9,12-13,19-21,23H,2-4,7,10-11,14-16H2,1H3,(H,26,32)/t19-,20+,21-,23+/m0/s1. The van der Waals surface area contributed by atoms with Crippen LogP contribution in [0.3, 0.4) is 0 Å². The zero-order valence-electron chi connectivity index (χ0n) is 18.7. The molecule has 170 valence electrons. The van der Waals surface area contributed by atoms with Crippen molar-refractivity contribution in [1.29, 1.82) is 0 Å². The monoisotopic (exact) mass is 436 g/mol. The number of pyridine rings is 1. The van der Waals surface area contributed by atoms with Gasteiger partial charge in [-0.3, -0.25) is 24.2 Å². The number of carbonyl (C=O) groups excluding carboxylic acids is 2. The van der Waals surface area contributed by atoms with Crippen LogP contribution in [-0.4, -0.2) is 68.1 Å². The van der Waals surface area contributed by atoms with E-state index in [4.69, 9.17) is 0 Å². The first-order valence-electron chi connectivity index (χ1n) is 11.8. The molecule has 0 saturated carbocycles. The fraction of sp³-hybridized carbons (Fsp3) is 0.583. The summed E-state index contributed by atoms with van der Waals surface area (Å²) in [5.74, 6) is 0.775. The van der Waals surface area contributed by atoms with Crippen LogP contribution in [0.2, 0.25) is 0 Å². The lowest BCUT2D eigenvalue weighted by Crippen LogP contribution is -2.68. The average Bonchev–Trinajstić information content (AvgIpc) is 3.19. The summed E-state index contributed by atoms with van der Waals surface area (Å²) < 4.78 is 1.83. The topological polar surface area (TPSA) is 83.4 Å². The largest absolute Gasteiger partial charge is 0.354 e. The molecule has 1 N–H and O–H groups in total. The number of piperidine rings is 3. The average molecular weight is 437 g/mol. The van der Waals surface area contributed by atoms with Crippen LogP contribution in [0, 0.1) is 11.8 Å². The van der Waals surface area contributed by atoms with E-state index < -0.39 is 0 Å². The Morgan fingerprint density at radius 1 is 1.19 bits per heavy atom. The number of fused-ring (bicyclic) bond motifs is 4. The van der Waals surface area contributed by atoms with Crippen molar-refractivity contribution in [3.05, 3.63) is 48.0 Å². The summed E-state index contributed by atoms with van der Waals surface area (Å²) >= 11 is 0. The van der Waals surface area contributed by atoms with Gasteiger partial charge in [-0.1, -0.05) is 0 Å². The second kappa shape index (κ2) is 9.02. The maximum Gasteiger partial charge on any atom is 0.243 e. The number of aryl methyl sites for hydroxylation is 1. The molecule has 0 spiro atoms. The van der Waals surface area contributed by atoms with E-state index in [0.717, 1.165) is 50.9 Å². The third kappa shape index (κ3) is 4.28. The third-order valence-corrected chi connectivity index (χ3v) is 7.31. The molecule has 3 aliphatic heterocycles. The molecule has 8 heteroatoms. The SMILES string of the molecule is Cn1cc(CN2C[C@@H]3C[C@H](C2)[C@H](C(=O)NCCc2ccncc2)N2C(=O)CCC[C@@H]32)cn1. The molecule has 0 radical (unpaired) electrons. The van der Waals surface area contributed by atoms with Crippen LogP contribution in [-0.2, 0) is 29.6 Å². The fourth-order valence-corrected chi connectivity index (χ4v) is 6.02. The van der Waals surface area contributed by atoms with Gasteiger partial charge in [-0.05, 0) is 49.3 Å². The summed E-state index contributed by atoms with van der Waals surface area (Å²) in [6.07, 6.45) is 11.8. The molecule has 2 aromatic rings. The van der Waals surface area contributed by atoms with E-state index >= 15 is 0 Å². The molecule has 32 heavy (non-hydrogen) atoms. The first-order chi connectivity index (χ1) is 15.6. The number of amides is 2. The molecule has 2 amide bonds. The molecule has 3 fully saturated rings. The van der Waals surface area contributed by atoms with Crippen molar-refractivity contribution >= 4 is 11.8 Å². The number of likely N-dealkylation sites (tertiary alicyclic amines) is 1. The minimum absolute atomic E-state index is 0.00554. The van der Waals surface area contributed by atoms with Gasteiger partial charge in [0.15, 0.2) is 0 Å². The van der Waals surface area contributed by atoms with E-state index in [0.29, 0.717) is 18.9 Å². The van der Waals surface area contributed by atoms with Crippen LogP contribution in [0.25, 0.3) is 0 Å². The minimum Gasteiger partial charge on any atom is -0.354 e. The van der Waals surface area contributed by atoms with Crippen molar-refractivity contribution in [1.82, 2.24) is 29.9 Å². The van der Waals surface area contributed by atoms with Crippen LogP contribution >= 0.6 is 0 Å². The van der Waals surface area contributed by atoms with Gasteiger partial charge in [-0.25, -0.2) is 0 Å². The highest BCUT2D eigenvalue weighted by atomic mass is 16.2. The Bertz CT molecular complexity index is 960. The number of nitrogens with zero attached hydrogens (tertiary/aromatic N) is 5. The van der Waals surface area contributed by atoms with Gasteiger partial charge in [0.05, 0.1) is 6.20 Å². The highest BCUT2D eigenvalue weighted by Gasteiger charge is 2.51. The van der Waals surface area contributed by atoms with Crippen molar-refractivity contribution in [3.8, 4) is 0 Å². The van der Waals surface area contributed by atoms with Gasteiger partial charge in [0.1, 0.15) is 6.04 Å². The van der Waals surface area contributed by atoms with Gasteiger partial charge >= 0.3 is 0 Å². The Morgan fingerprint density at radius 2 is 2.00 bits per heavy atom. The molecule has 2 bridgehead atoms. The molecule has 3 saturated heterocycles. The molecule has 5 rings (SSSR count). The summed E-state index contributed by atoms with van der Waals surface area (Å²) in [5, 5.41) is 7.44. The summed E-state index contributed by atoms with van der Waals surface area (Å²) in [4.78, 5) is 34.9. The molecule has 3 aliphatic rings. The van der Waals surface area contributed by atoms with Crippen LogP contribution in [0.15, 0.2) is 36.9 Å². The Labute approximate surface area is 189 Å². The van der Waals surface area contributed by atoms with Gasteiger partial charge in [0.2, 0.25) is 11.8 Å². The number of rotatable bonds is 6. The molecule has 0 unspecified atom stereocenters. The predicted molar refractivity (Wildman–Crippen MR) is 119 cm³/mol. The predicted octanol–water partition coefficient (Wildman–Crippen LogP) is 1.38. The van der Waals surface area contributed by atoms with Crippen molar-refractivity contribution in [3.63, 3.8) is 0 Å². The number of nitrogens with one attached hydrogen (secondary N) is 1. The molecule has 0 aliphatic carbocycles. The zero-order chi connectivity index (χ0) is 22.1. The van der Waals surface area contributed by atoms with E-state index in [1.54, 1.807) is 12.4 Å². The summed E-state index contributed by atoms with van der Waals surface area (Å²) in [6, 6.07) is 3.76. The highest BCUT2D eigenvalue weighted by molar-refractivity contribution is 5.89. The number of hydrogen-bond donors (Lipinski definition) is 1. The Morgan fingerprint density at radius 3 is 2.78 bits per heavy atom. The van der Waals surface area contributed by atoms with Crippen LogP contribution in [0.1, 0.15) is 36.8 Å². The Hall–Kier alpha value is -2.74. The van der Waals surface area contributed by atoms with Crippen molar-refractivity contribution in [2.45, 2.75) is 50.7 Å². The number of aromatic nitrogens is 3. The minimum atomic E-state index is -0.363. The van der Waals surface area contributed by atoms with Crippen LogP contribution in [0.5, 0.6) is 0 Å². The van der Waals surface area contributed by atoms with Crippen molar-refractivity contribution in [2.75, 3.05) is 19.6 Å². The zero-order valence-corrected chi connectivity index (χ0v) is 18.7. The Balaban J connectivity index is 1.31. The first kappa shape index (κ1) is 21.1. The maximum absolute atomic E-state index is 13.4. The second-order valence-corrected chi connectivity index (χ2v) is 9.57. The van der Waals surface area contributed by atoms with Crippen LogP contribution in [0.4, 0.5) is 0 Å². The normalized spacial score (nSPS) is 27.8. The molecule has 8 nitrogen and oxygen atoms in total. The number of carbonyl (C=O) groups is 2. The van der Waals surface area contributed by atoms with E-state index in [1.807, 2.05) is 35.0 Å². The van der Waals surface area contributed by atoms with Gasteiger partial charge in [-0.15, -0.1) is 0 Å². The van der Waals surface area contributed by atoms with Gasteiger partial charge in [0.25, 0.3) is 0 Å². The fourth-order valence-electron chi connectivity index (χ4n) is 6.02. The van der Waals surface area contributed by atoms with E-state index in [9.17, 15) is 9.59 Å². The number of hydrogen-bond acceptors (Lipinski definition) is 5. The molecular weight excluding hydrogens is 404 g/mol. The highest BCUT2D eigenvalue weighted by Crippen LogP contribution is 2.42. The maximum atomic E-state index is 13.4. The Kier molecular flexibility index (Phi) is 5.95. The quantitative estimate of drug-likeness (QED) is 0.740. The molecule has 2 aromatic heterocycles. The summed E-state index contributed by atoms with van der Waals surface area (Å²) in [6.45, 7) is 3.24.